The second-order valence-corrected chi connectivity index (χ2v) is 7.36. The normalized spacial score (nSPS) is 19.2. The maximum absolute atomic E-state index is 6.06. The number of hydrogen-bond acceptors (Lipinski definition) is 4. The molecular formula is C20H25NO2S. The molecule has 0 aliphatic carbocycles. The van der Waals surface area contributed by atoms with Crippen LogP contribution in [-0.4, -0.2) is 31.9 Å². The van der Waals surface area contributed by atoms with E-state index in [2.05, 4.69) is 61.6 Å². The third-order valence-corrected chi connectivity index (χ3v) is 5.31. The largest absolute Gasteiger partial charge is 0.490 e. The molecule has 0 saturated carbocycles. The Balaban J connectivity index is 1.87. The second-order valence-electron chi connectivity index (χ2n) is 6.18. The topological polar surface area (TPSA) is 30.5 Å². The Kier molecular flexibility index (Phi) is 6.18. The van der Waals surface area contributed by atoms with Crippen molar-refractivity contribution in [1.82, 2.24) is 5.32 Å². The predicted octanol–water partition coefficient (Wildman–Crippen LogP) is 4.30. The SMILES string of the molecule is CC(C)Oc1ccccc1S[C@@H](c1ccccc1)C1CNCCO1. The summed E-state index contributed by atoms with van der Waals surface area (Å²) in [5.74, 6) is 0.946. The van der Waals surface area contributed by atoms with Crippen LogP contribution >= 0.6 is 11.8 Å². The van der Waals surface area contributed by atoms with E-state index in [1.807, 2.05) is 23.9 Å². The summed E-state index contributed by atoms with van der Waals surface area (Å²) >= 11 is 1.83. The maximum atomic E-state index is 6.06. The zero-order chi connectivity index (χ0) is 16.8. The lowest BCUT2D eigenvalue weighted by atomic mass is 10.1. The van der Waals surface area contributed by atoms with Crippen LogP contribution in [0.2, 0.25) is 0 Å². The summed E-state index contributed by atoms with van der Waals surface area (Å²) in [6, 6.07) is 18.9. The van der Waals surface area contributed by atoms with Gasteiger partial charge in [-0.2, -0.15) is 0 Å². The van der Waals surface area contributed by atoms with Crippen LogP contribution in [-0.2, 0) is 4.74 Å². The number of ether oxygens (including phenoxy) is 2. The average molecular weight is 343 g/mol. The minimum atomic E-state index is 0.151. The molecule has 1 fully saturated rings. The number of para-hydroxylation sites is 1. The highest BCUT2D eigenvalue weighted by Gasteiger charge is 2.27. The van der Waals surface area contributed by atoms with Crippen molar-refractivity contribution in [2.75, 3.05) is 19.7 Å². The molecule has 0 spiro atoms. The van der Waals surface area contributed by atoms with E-state index in [1.54, 1.807) is 0 Å². The van der Waals surface area contributed by atoms with Gasteiger partial charge in [0.25, 0.3) is 0 Å². The van der Waals surface area contributed by atoms with Crippen molar-refractivity contribution in [3.63, 3.8) is 0 Å². The summed E-state index contributed by atoms with van der Waals surface area (Å²) in [6.45, 7) is 6.68. The van der Waals surface area contributed by atoms with Crippen LogP contribution in [0.15, 0.2) is 59.5 Å². The Morgan fingerprint density at radius 2 is 1.83 bits per heavy atom. The molecule has 2 atom stereocenters. The number of morpholine rings is 1. The third-order valence-electron chi connectivity index (χ3n) is 3.89. The van der Waals surface area contributed by atoms with Crippen molar-refractivity contribution in [1.29, 1.82) is 0 Å². The molecule has 1 aliphatic rings. The van der Waals surface area contributed by atoms with E-state index in [-0.39, 0.29) is 17.5 Å². The van der Waals surface area contributed by atoms with Crippen molar-refractivity contribution in [2.24, 2.45) is 0 Å². The standard InChI is InChI=1S/C20H25NO2S/c1-15(2)23-17-10-6-7-11-19(17)24-20(16-8-4-3-5-9-16)18-14-21-12-13-22-18/h3-11,15,18,20-21H,12-14H2,1-2H3/t18?,20-/m0/s1. The summed E-state index contributed by atoms with van der Waals surface area (Å²) in [7, 11) is 0. The van der Waals surface area contributed by atoms with E-state index in [0.717, 1.165) is 30.3 Å². The van der Waals surface area contributed by atoms with Crippen LogP contribution in [0, 0.1) is 0 Å². The number of thioether (sulfide) groups is 1. The van der Waals surface area contributed by atoms with Gasteiger partial charge in [0, 0.05) is 13.1 Å². The molecule has 0 amide bonds. The van der Waals surface area contributed by atoms with Gasteiger partial charge in [-0.1, -0.05) is 42.5 Å². The van der Waals surface area contributed by atoms with Crippen molar-refractivity contribution in [2.45, 2.75) is 36.2 Å². The summed E-state index contributed by atoms with van der Waals surface area (Å²) in [5, 5.41) is 3.68. The molecule has 0 radical (unpaired) electrons. The van der Waals surface area contributed by atoms with Crippen LogP contribution in [0.3, 0.4) is 0 Å². The summed E-state index contributed by atoms with van der Waals surface area (Å²) < 4.78 is 12.1. The zero-order valence-electron chi connectivity index (χ0n) is 14.3. The van der Waals surface area contributed by atoms with Gasteiger partial charge in [-0.05, 0) is 31.5 Å². The molecule has 3 rings (SSSR count). The van der Waals surface area contributed by atoms with Crippen LogP contribution in [0.4, 0.5) is 0 Å². The Morgan fingerprint density at radius 1 is 1.08 bits per heavy atom. The molecule has 128 valence electrons. The van der Waals surface area contributed by atoms with Gasteiger partial charge in [0.2, 0.25) is 0 Å². The minimum Gasteiger partial charge on any atom is -0.490 e. The number of hydrogen-bond donors (Lipinski definition) is 1. The van der Waals surface area contributed by atoms with Gasteiger partial charge < -0.3 is 14.8 Å². The molecule has 2 aromatic rings. The zero-order valence-corrected chi connectivity index (χ0v) is 15.1. The van der Waals surface area contributed by atoms with Crippen LogP contribution < -0.4 is 10.1 Å². The molecule has 1 unspecified atom stereocenters. The van der Waals surface area contributed by atoms with Gasteiger partial charge in [0.1, 0.15) is 5.75 Å². The monoisotopic (exact) mass is 343 g/mol. The fourth-order valence-corrected chi connectivity index (χ4v) is 4.10. The molecule has 3 nitrogen and oxygen atoms in total. The average Bonchev–Trinajstić information content (AvgIpc) is 2.62. The fraction of sp³-hybridized carbons (Fsp3) is 0.400. The van der Waals surface area contributed by atoms with Crippen molar-refractivity contribution in [3.05, 3.63) is 60.2 Å². The first kappa shape index (κ1) is 17.3. The lowest BCUT2D eigenvalue weighted by Gasteiger charge is -2.31. The molecule has 4 heteroatoms. The summed E-state index contributed by atoms with van der Waals surface area (Å²) in [5.41, 5.74) is 1.29. The lowest BCUT2D eigenvalue weighted by Crippen LogP contribution is -2.41. The van der Waals surface area contributed by atoms with Gasteiger partial charge in [-0.3, -0.25) is 0 Å². The van der Waals surface area contributed by atoms with Gasteiger partial charge in [-0.25, -0.2) is 0 Å². The Morgan fingerprint density at radius 3 is 2.54 bits per heavy atom. The molecule has 2 aromatic carbocycles. The van der Waals surface area contributed by atoms with E-state index in [0.29, 0.717) is 0 Å². The quantitative estimate of drug-likeness (QED) is 0.793. The first-order valence-electron chi connectivity index (χ1n) is 8.53. The van der Waals surface area contributed by atoms with E-state index in [9.17, 15) is 0 Å². The van der Waals surface area contributed by atoms with Gasteiger partial charge in [-0.15, -0.1) is 11.8 Å². The van der Waals surface area contributed by atoms with Crippen molar-refractivity contribution >= 4 is 11.8 Å². The van der Waals surface area contributed by atoms with Crippen molar-refractivity contribution in [3.8, 4) is 5.75 Å². The van der Waals surface area contributed by atoms with Crippen molar-refractivity contribution < 1.29 is 9.47 Å². The second kappa shape index (κ2) is 8.56. The third kappa shape index (κ3) is 4.53. The summed E-state index contributed by atoms with van der Waals surface area (Å²) in [6.07, 6.45) is 0.313. The molecule has 0 bridgehead atoms. The first-order chi connectivity index (χ1) is 11.7. The molecule has 1 heterocycles. The molecule has 1 N–H and O–H groups in total. The van der Waals surface area contributed by atoms with Crippen LogP contribution in [0.25, 0.3) is 0 Å². The fourth-order valence-electron chi connectivity index (χ4n) is 2.82. The molecule has 1 aliphatic heterocycles. The Bertz CT molecular complexity index is 627. The molecule has 0 aromatic heterocycles. The van der Waals surface area contributed by atoms with E-state index in [4.69, 9.17) is 9.47 Å². The van der Waals surface area contributed by atoms with E-state index < -0.39 is 0 Å². The molecule has 1 saturated heterocycles. The highest BCUT2D eigenvalue weighted by Crippen LogP contribution is 2.43. The van der Waals surface area contributed by atoms with Gasteiger partial charge in [0.05, 0.1) is 29.0 Å². The number of rotatable bonds is 6. The first-order valence-corrected chi connectivity index (χ1v) is 9.41. The minimum absolute atomic E-state index is 0.151. The van der Waals surface area contributed by atoms with Crippen LogP contribution in [0.5, 0.6) is 5.75 Å². The Labute approximate surface area is 148 Å². The van der Waals surface area contributed by atoms with Crippen LogP contribution in [0.1, 0.15) is 24.7 Å². The van der Waals surface area contributed by atoms with E-state index in [1.165, 1.54) is 5.56 Å². The van der Waals surface area contributed by atoms with Gasteiger partial charge >= 0.3 is 0 Å². The molecular weight excluding hydrogens is 318 g/mol. The molecule has 24 heavy (non-hydrogen) atoms. The maximum Gasteiger partial charge on any atom is 0.133 e. The predicted molar refractivity (Wildman–Crippen MR) is 99.9 cm³/mol. The highest BCUT2D eigenvalue weighted by atomic mass is 32.2. The highest BCUT2D eigenvalue weighted by molar-refractivity contribution is 7.99. The lowest BCUT2D eigenvalue weighted by molar-refractivity contribution is 0.0273. The Hall–Kier alpha value is -1.49. The number of benzene rings is 2. The van der Waals surface area contributed by atoms with E-state index >= 15 is 0 Å². The number of nitrogens with one attached hydrogen (secondary N) is 1. The summed E-state index contributed by atoms with van der Waals surface area (Å²) in [4.78, 5) is 1.16. The smallest absolute Gasteiger partial charge is 0.133 e. The van der Waals surface area contributed by atoms with Gasteiger partial charge in [0.15, 0.2) is 0 Å².